The monoisotopic (exact) mass is 565 g/mol. The number of pyridine rings is 1. The van der Waals surface area contributed by atoms with Crippen LogP contribution in [0, 0.1) is 0 Å². The third-order valence-corrected chi connectivity index (χ3v) is 6.83. The average molecular weight is 566 g/mol. The fourth-order valence-corrected chi connectivity index (χ4v) is 4.82. The van der Waals surface area contributed by atoms with Crippen LogP contribution in [0.4, 0.5) is 35.3 Å². The number of hydrogen-bond acceptors (Lipinski definition) is 9. The molecular weight excluding hydrogens is 535 g/mol. The Kier molecular flexibility index (Phi) is 7.44. The van der Waals surface area contributed by atoms with Gasteiger partial charge in [-0.3, -0.25) is 15.0 Å². The fraction of sp³-hybridized carbons (Fsp3) is 0.560. The minimum absolute atomic E-state index is 0.159. The number of carbonyl (C=O) groups is 2. The van der Waals surface area contributed by atoms with Crippen molar-refractivity contribution in [1.82, 2.24) is 20.5 Å². The summed E-state index contributed by atoms with van der Waals surface area (Å²) < 4.78 is 55.7. The molecule has 3 aliphatic heterocycles. The van der Waals surface area contributed by atoms with Gasteiger partial charge in [0, 0.05) is 19.2 Å². The van der Waals surface area contributed by atoms with E-state index in [1.165, 1.54) is 17.0 Å². The molecule has 5 heterocycles. The van der Waals surface area contributed by atoms with Gasteiger partial charge >= 0.3 is 12.2 Å². The summed E-state index contributed by atoms with van der Waals surface area (Å²) in [5.74, 6) is -1.07. The Bertz CT molecular complexity index is 1260. The van der Waals surface area contributed by atoms with E-state index in [9.17, 15) is 22.8 Å². The highest BCUT2D eigenvalue weighted by atomic mass is 19.4. The fourth-order valence-electron chi connectivity index (χ4n) is 4.82. The van der Waals surface area contributed by atoms with Gasteiger partial charge in [0.25, 0.3) is 5.91 Å². The highest BCUT2D eigenvalue weighted by Crippen LogP contribution is 2.38. The second-order valence-electron chi connectivity index (χ2n) is 10.3. The van der Waals surface area contributed by atoms with Crippen molar-refractivity contribution < 1.29 is 37.0 Å². The summed E-state index contributed by atoms with van der Waals surface area (Å²) in [5.41, 5.74) is 0.387. The van der Waals surface area contributed by atoms with Crippen LogP contribution in [0.15, 0.2) is 24.3 Å². The number of aromatic nitrogens is 3. The summed E-state index contributed by atoms with van der Waals surface area (Å²) >= 11 is 0. The molecular formula is C25H30F3N7O5. The van der Waals surface area contributed by atoms with E-state index in [2.05, 4.69) is 20.5 Å². The molecule has 216 valence electrons. The van der Waals surface area contributed by atoms with E-state index in [1.807, 2.05) is 24.1 Å². The number of nitrogens with one attached hydrogen (secondary N) is 2. The van der Waals surface area contributed by atoms with E-state index in [0.717, 1.165) is 19.9 Å². The SMILES string of the molecule is C[C@@H](NC(=O)c1ccc2c(n1)N(C(=O)Nc1ccc(OC[C@H]3COC(C)(C)O3)nn1)[C@H]1CCCN2C1)C(F)(F)F. The maximum Gasteiger partial charge on any atom is 0.408 e. The van der Waals surface area contributed by atoms with Gasteiger partial charge in [-0.05, 0) is 51.8 Å². The molecule has 3 amide bonds. The lowest BCUT2D eigenvalue weighted by Crippen LogP contribution is -2.56. The summed E-state index contributed by atoms with van der Waals surface area (Å²) in [6.07, 6.45) is -3.33. The van der Waals surface area contributed by atoms with E-state index < -0.39 is 29.9 Å². The number of alkyl halides is 3. The molecule has 5 rings (SSSR count). The zero-order chi connectivity index (χ0) is 28.7. The average Bonchev–Trinajstić information content (AvgIpc) is 3.26. The van der Waals surface area contributed by atoms with E-state index in [0.29, 0.717) is 25.3 Å². The number of urea groups is 1. The molecule has 3 aliphatic rings. The lowest BCUT2D eigenvalue weighted by Gasteiger charge is -2.45. The van der Waals surface area contributed by atoms with Gasteiger partial charge in [0.15, 0.2) is 17.4 Å². The molecule has 3 atom stereocenters. The van der Waals surface area contributed by atoms with Crippen LogP contribution in [0.1, 0.15) is 44.1 Å². The van der Waals surface area contributed by atoms with Crippen molar-refractivity contribution in [2.75, 3.05) is 41.4 Å². The summed E-state index contributed by atoms with van der Waals surface area (Å²) in [7, 11) is 0. The molecule has 2 aromatic heterocycles. The molecule has 2 fully saturated rings. The molecule has 2 bridgehead atoms. The second kappa shape index (κ2) is 10.7. The summed E-state index contributed by atoms with van der Waals surface area (Å²) in [6.45, 7) is 6.38. The van der Waals surface area contributed by atoms with E-state index >= 15 is 0 Å². The van der Waals surface area contributed by atoms with Crippen molar-refractivity contribution in [3.05, 3.63) is 30.0 Å². The number of amides is 3. The Labute approximate surface area is 228 Å². The number of nitrogens with zero attached hydrogens (tertiary/aromatic N) is 5. The third kappa shape index (κ3) is 6.04. The van der Waals surface area contributed by atoms with Crippen LogP contribution in [-0.2, 0) is 9.47 Å². The molecule has 2 saturated heterocycles. The number of fused-ring (bicyclic) bond motifs is 4. The quantitative estimate of drug-likeness (QED) is 0.543. The van der Waals surface area contributed by atoms with Crippen molar-refractivity contribution in [2.45, 2.75) is 63.8 Å². The van der Waals surface area contributed by atoms with Crippen molar-refractivity contribution >= 4 is 29.3 Å². The van der Waals surface area contributed by atoms with Crippen LogP contribution in [-0.4, -0.2) is 83.6 Å². The number of hydrogen-bond donors (Lipinski definition) is 2. The van der Waals surface area contributed by atoms with E-state index in [1.54, 1.807) is 12.1 Å². The molecule has 0 saturated carbocycles. The highest BCUT2D eigenvalue weighted by Gasteiger charge is 2.40. The van der Waals surface area contributed by atoms with Gasteiger partial charge in [-0.1, -0.05) is 0 Å². The number of carbonyl (C=O) groups excluding carboxylic acids is 2. The minimum atomic E-state index is -4.60. The molecule has 2 N–H and O–H groups in total. The van der Waals surface area contributed by atoms with Gasteiger partial charge in [-0.2, -0.15) is 13.2 Å². The number of ether oxygens (including phenoxy) is 3. The second-order valence-corrected chi connectivity index (χ2v) is 10.3. The van der Waals surface area contributed by atoms with Crippen LogP contribution in [0.2, 0.25) is 0 Å². The Morgan fingerprint density at radius 3 is 2.70 bits per heavy atom. The Balaban J connectivity index is 1.29. The van der Waals surface area contributed by atoms with Crippen molar-refractivity contribution in [2.24, 2.45) is 0 Å². The van der Waals surface area contributed by atoms with Gasteiger partial charge in [0.1, 0.15) is 24.4 Å². The Morgan fingerprint density at radius 1 is 1.23 bits per heavy atom. The van der Waals surface area contributed by atoms with Crippen LogP contribution in [0.25, 0.3) is 0 Å². The summed E-state index contributed by atoms with van der Waals surface area (Å²) in [5, 5.41) is 12.6. The number of halogens is 3. The normalized spacial score (nSPS) is 22.4. The van der Waals surface area contributed by atoms with Gasteiger partial charge < -0.3 is 24.4 Å². The first-order chi connectivity index (χ1) is 18.9. The van der Waals surface area contributed by atoms with Gasteiger partial charge in [0.2, 0.25) is 5.88 Å². The third-order valence-electron chi connectivity index (χ3n) is 6.83. The van der Waals surface area contributed by atoms with Crippen molar-refractivity contribution in [3.8, 4) is 5.88 Å². The lowest BCUT2D eigenvalue weighted by molar-refractivity contribution is -0.149. The number of anilines is 3. The molecule has 0 spiro atoms. The summed E-state index contributed by atoms with van der Waals surface area (Å²) in [6, 6.07) is 3.18. The molecule has 2 aromatic rings. The van der Waals surface area contributed by atoms with Gasteiger partial charge in [-0.25, -0.2) is 9.78 Å². The zero-order valence-electron chi connectivity index (χ0n) is 22.2. The molecule has 40 heavy (non-hydrogen) atoms. The van der Waals surface area contributed by atoms with Crippen molar-refractivity contribution in [1.29, 1.82) is 0 Å². The standard InChI is InChI=1S/C25H30F3N7O5/c1-14(25(26,27)28)29-22(36)17-6-7-18-21(30-17)35(15-5-4-10-34(18)11-15)23(37)31-19-8-9-20(33-32-19)38-12-16-13-39-24(2,3)40-16/h6-9,14-16H,4-5,10-13H2,1-3H3,(H,29,36)(H,31,32,37)/t14-,15+,16+/m1/s1. The molecule has 15 heteroatoms. The van der Waals surface area contributed by atoms with Crippen LogP contribution >= 0.6 is 0 Å². The minimum Gasteiger partial charge on any atom is -0.474 e. The summed E-state index contributed by atoms with van der Waals surface area (Å²) in [4.78, 5) is 33.8. The van der Waals surface area contributed by atoms with Gasteiger partial charge in [0.05, 0.1) is 18.3 Å². The molecule has 12 nitrogen and oxygen atoms in total. The predicted molar refractivity (Wildman–Crippen MR) is 136 cm³/mol. The van der Waals surface area contributed by atoms with Crippen LogP contribution in [0.3, 0.4) is 0 Å². The topological polar surface area (TPSA) is 131 Å². The maximum atomic E-state index is 13.4. The zero-order valence-corrected chi connectivity index (χ0v) is 22.2. The largest absolute Gasteiger partial charge is 0.474 e. The molecule has 0 aliphatic carbocycles. The molecule has 0 radical (unpaired) electrons. The number of piperidine rings is 1. The maximum absolute atomic E-state index is 13.4. The number of rotatable bonds is 6. The van der Waals surface area contributed by atoms with Crippen LogP contribution < -0.4 is 25.2 Å². The first-order valence-electron chi connectivity index (χ1n) is 12.9. The van der Waals surface area contributed by atoms with E-state index in [4.69, 9.17) is 14.2 Å². The lowest BCUT2D eigenvalue weighted by atomic mass is 9.99. The van der Waals surface area contributed by atoms with Crippen LogP contribution in [0.5, 0.6) is 5.88 Å². The first-order valence-corrected chi connectivity index (χ1v) is 12.9. The molecule has 0 aromatic carbocycles. The van der Waals surface area contributed by atoms with Gasteiger partial charge in [-0.15, -0.1) is 10.2 Å². The Morgan fingerprint density at radius 2 is 2.02 bits per heavy atom. The highest BCUT2D eigenvalue weighted by molar-refractivity contribution is 6.04. The first kappa shape index (κ1) is 27.8. The van der Waals surface area contributed by atoms with Crippen molar-refractivity contribution in [3.63, 3.8) is 0 Å². The predicted octanol–water partition coefficient (Wildman–Crippen LogP) is 3.10. The van der Waals surface area contributed by atoms with E-state index in [-0.39, 0.29) is 42.0 Å². The molecule has 0 unspecified atom stereocenters. The Hall–Kier alpha value is -3.72. The smallest absolute Gasteiger partial charge is 0.408 e.